The van der Waals surface area contributed by atoms with Crippen LogP contribution in [0.25, 0.3) is 0 Å². The van der Waals surface area contributed by atoms with Crippen LogP contribution in [-0.2, 0) is 19.4 Å². The van der Waals surface area contributed by atoms with Crippen molar-refractivity contribution in [2.75, 3.05) is 33.4 Å². The predicted molar refractivity (Wildman–Crippen MR) is 166 cm³/mol. The molecule has 0 aliphatic rings. The Morgan fingerprint density at radius 1 is 0.909 bits per heavy atom. The maximum atomic E-state index is 14.0. The first-order chi connectivity index (χ1) is 21.2. The number of aliphatic hydroxyl groups is 2. The Morgan fingerprint density at radius 3 is 2.23 bits per heavy atom. The van der Waals surface area contributed by atoms with Crippen molar-refractivity contribution in [3.63, 3.8) is 0 Å². The Hall–Kier alpha value is -3.86. The van der Waals surface area contributed by atoms with Crippen LogP contribution < -0.4 is 15.4 Å². The van der Waals surface area contributed by atoms with E-state index in [-0.39, 0.29) is 43.0 Å². The van der Waals surface area contributed by atoms with E-state index in [9.17, 15) is 28.6 Å². The molecule has 0 heterocycles. The summed E-state index contributed by atoms with van der Waals surface area (Å²) in [6.45, 7) is 5.41. The average Bonchev–Trinajstić information content (AvgIpc) is 2.99. The third kappa shape index (κ3) is 10.4. The number of aliphatic hydroxyl groups excluding tert-OH is 2. The van der Waals surface area contributed by atoms with Crippen LogP contribution in [0.1, 0.15) is 64.1 Å². The van der Waals surface area contributed by atoms with Crippen LogP contribution in [0.4, 0.5) is 8.78 Å². The summed E-state index contributed by atoms with van der Waals surface area (Å²) in [5.74, 6) is -1.61. The van der Waals surface area contributed by atoms with Gasteiger partial charge in [0.2, 0.25) is 0 Å². The van der Waals surface area contributed by atoms with E-state index in [4.69, 9.17) is 4.74 Å². The monoisotopic (exact) mass is 611 g/mol. The van der Waals surface area contributed by atoms with Gasteiger partial charge in [-0.25, -0.2) is 8.78 Å². The van der Waals surface area contributed by atoms with E-state index in [2.05, 4.69) is 10.6 Å². The van der Waals surface area contributed by atoms with Gasteiger partial charge in [-0.3, -0.25) is 9.59 Å². The number of benzene rings is 3. The smallest absolute Gasteiger partial charge is 0.253 e. The van der Waals surface area contributed by atoms with Crippen LogP contribution >= 0.6 is 0 Å². The minimum Gasteiger partial charge on any atom is -0.497 e. The van der Waals surface area contributed by atoms with Gasteiger partial charge >= 0.3 is 0 Å². The Morgan fingerprint density at radius 2 is 1.59 bits per heavy atom. The van der Waals surface area contributed by atoms with Crippen LogP contribution in [-0.4, -0.2) is 72.4 Å². The van der Waals surface area contributed by atoms with Crippen molar-refractivity contribution in [3.8, 4) is 5.75 Å². The topological polar surface area (TPSA) is 111 Å². The third-order valence-corrected chi connectivity index (χ3v) is 7.15. The van der Waals surface area contributed by atoms with E-state index >= 15 is 0 Å². The lowest BCUT2D eigenvalue weighted by atomic mass is 9.98. The Labute approximate surface area is 258 Å². The van der Waals surface area contributed by atoms with Gasteiger partial charge in [0.05, 0.1) is 19.3 Å². The van der Waals surface area contributed by atoms with Gasteiger partial charge in [0.25, 0.3) is 11.8 Å². The first kappa shape index (κ1) is 34.6. The quantitative estimate of drug-likeness (QED) is 0.182. The van der Waals surface area contributed by atoms with Crippen LogP contribution in [0.15, 0.2) is 60.7 Å². The Bertz CT molecular complexity index is 1360. The van der Waals surface area contributed by atoms with Crippen molar-refractivity contribution in [3.05, 3.63) is 100 Å². The number of hydrogen-bond donors (Lipinski definition) is 4. The molecule has 2 atom stereocenters. The molecule has 2 amide bonds. The lowest BCUT2D eigenvalue weighted by Gasteiger charge is -2.26. The normalized spacial score (nSPS) is 12.4. The minimum atomic E-state index is -1.14. The fourth-order valence-electron chi connectivity index (χ4n) is 5.06. The van der Waals surface area contributed by atoms with Gasteiger partial charge < -0.3 is 30.5 Å². The highest BCUT2D eigenvalue weighted by Crippen LogP contribution is 2.17. The fourth-order valence-corrected chi connectivity index (χ4v) is 5.06. The second kappa shape index (κ2) is 17.4. The summed E-state index contributed by atoms with van der Waals surface area (Å²) in [7, 11) is 1.57. The van der Waals surface area contributed by atoms with Crippen LogP contribution in [0.2, 0.25) is 0 Å². The number of carbonyl (C=O) groups excluding carboxylic acids is 2. The van der Waals surface area contributed by atoms with Crippen molar-refractivity contribution >= 4 is 11.8 Å². The molecule has 0 saturated heterocycles. The molecular weight excluding hydrogens is 568 g/mol. The second-order valence-corrected chi connectivity index (χ2v) is 10.8. The van der Waals surface area contributed by atoms with Crippen molar-refractivity contribution in [2.24, 2.45) is 0 Å². The number of nitrogens with zero attached hydrogens (tertiary/aromatic N) is 1. The largest absolute Gasteiger partial charge is 0.497 e. The van der Waals surface area contributed by atoms with Crippen molar-refractivity contribution in [2.45, 2.75) is 58.2 Å². The lowest BCUT2D eigenvalue weighted by molar-refractivity contribution is 0.0755. The van der Waals surface area contributed by atoms with E-state index in [1.807, 2.05) is 38.1 Å². The molecule has 0 spiro atoms. The molecule has 0 aromatic heterocycles. The number of halogens is 2. The summed E-state index contributed by atoms with van der Waals surface area (Å²) in [6.07, 6.45) is 0.613. The summed E-state index contributed by atoms with van der Waals surface area (Å²) >= 11 is 0. The predicted octanol–water partition coefficient (Wildman–Crippen LogP) is 4.26. The van der Waals surface area contributed by atoms with E-state index in [0.29, 0.717) is 36.5 Å². The zero-order chi connectivity index (χ0) is 32.1. The molecule has 0 unspecified atom stereocenters. The minimum absolute atomic E-state index is 0.0503. The van der Waals surface area contributed by atoms with Crippen LogP contribution in [0.3, 0.4) is 0 Å². The molecular formula is C34H43F2N3O5. The number of hydrogen-bond acceptors (Lipinski definition) is 6. The zero-order valence-electron chi connectivity index (χ0n) is 25.6. The van der Waals surface area contributed by atoms with Crippen molar-refractivity contribution < 1.29 is 33.3 Å². The molecule has 0 fully saturated rings. The Kier molecular flexibility index (Phi) is 13.7. The van der Waals surface area contributed by atoms with E-state index in [0.717, 1.165) is 36.6 Å². The average molecular weight is 612 g/mol. The third-order valence-electron chi connectivity index (χ3n) is 7.15. The molecule has 0 aliphatic carbocycles. The number of amides is 2. The fraction of sp³-hybridized carbons (Fsp3) is 0.412. The van der Waals surface area contributed by atoms with Crippen molar-refractivity contribution in [1.29, 1.82) is 0 Å². The van der Waals surface area contributed by atoms with Gasteiger partial charge in [-0.05, 0) is 84.8 Å². The molecule has 0 aliphatic heterocycles. The molecule has 3 aromatic carbocycles. The number of nitrogens with one attached hydrogen (secondary N) is 2. The SMILES string of the molecule is CCCN(CCC)C(=O)c1cc(CCO)cc(C(=O)N[C@@H](Cc2cc(F)cc(F)c2)[C@H](O)CNCc2cccc(OC)c2)c1. The summed E-state index contributed by atoms with van der Waals surface area (Å²) in [5.41, 5.74) is 2.30. The number of carbonyl (C=O) groups is 2. The highest BCUT2D eigenvalue weighted by Gasteiger charge is 2.24. The first-order valence-corrected chi connectivity index (χ1v) is 15.0. The highest BCUT2D eigenvalue weighted by atomic mass is 19.1. The molecule has 3 aromatic rings. The Balaban J connectivity index is 1.85. The summed E-state index contributed by atoms with van der Waals surface area (Å²) < 4.78 is 33.3. The molecule has 8 nitrogen and oxygen atoms in total. The summed E-state index contributed by atoms with van der Waals surface area (Å²) in [5, 5.41) is 26.7. The van der Waals surface area contributed by atoms with E-state index < -0.39 is 29.7 Å². The molecule has 0 radical (unpaired) electrons. The van der Waals surface area contributed by atoms with Gasteiger partial charge in [0.1, 0.15) is 17.4 Å². The van der Waals surface area contributed by atoms with Crippen LogP contribution in [0.5, 0.6) is 5.75 Å². The maximum Gasteiger partial charge on any atom is 0.253 e. The summed E-state index contributed by atoms with van der Waals surface area (Å²) in [6, 6.07) is 14.4. The number of rotatable bonds is 17. The number of ether oxygens (including phenoxy) is 1. The lowest BCUT2D eigenvalue weighted by Crippen LogP contribution is -2.48. The van der Waals surface area contributed by atoms with Gasteiger partial charge in [0.15, 0.2) is 0 Å². The van der Waals surface area contributed by atoms with Gasteiger partial charge in [-0.1, -0.05) is 26.0 Å². The highest BCUT2D eigenvalue weighted by molar-refractivity contribution is 6.00. The second-order valence-electron chi connectivity index (χ2n) is 10.8. The molecule has 0 bridgehead atoms. The molecule has 3 rings (SSSR count). The first-order valence-electron chi connectivity index (χ1n) is 15.0. The zero-order valence-corrected chi connectivity index (χ0v) is 25.6. The van der Waals surface area contributed by atoms with Gasteiger partial charge in [-0.15, -0.1) is 0 Å². The van der Waals surface area contributed by atoms with Gasteiger partial charge in [-0.2, -0.15) is 0 Å². The van der Waals surface area contributed by atoms with Crippen molar-refractivity contribution in [1.82, 2.24) is 15.5 Å². The molecule has 44 heavy (non-hydrogen) atoms. The maximum absolute atomic E-state index is 14.0. The molecule has 4 N–H and O–H groups in total. The van der Waals surface area contributed by atoms with E-state index in [1.165, 1.54) is 6.07 Å². The molecule has 238 valence electrons. The summed E-state index contributed by atoms with van der Waals surface area (Å²) in [4.78, 5) is 28.7. The molecule has 10 heteroatoms. The van der Waals surface area contributed by atoms with Gasteiger partial charge in [0, 0.05) is 50.0 Å². The standard InChI is InChI=1S/C34H43F2N3O5/c1-4-10-39(11-5-2)34(43)27-14-23(9-12-40)13-26(19-27)33(42)38-31(18-25-15-28(35)20-29(36)16-25)32(41)22-37-21-24-7-6-8-30(17-24)44-3/h6-8,13-17,19-20,31-32,37,40-41H,4-5,9-12,18,21-22H2,1-3H3,(H,38,42)/t31-,32+/m0/s1. The number of methoxy groups -OCH3 is 1. The van der Waals surface area contributed by atoms with E-state index in [1.54, 1.807) is 24.1 Å². The molecule has 0 saturated carbocycles. The van der Waals surface area contributed by atoms with Crippen LogP contribution in [0, 0.1) is 11.6 Å².